The van der Waals surface area contributed by atoms with Crippen molar-refractivity contribution < 1.29 is 8.78 Å². The Bertz CT molecular complexity index is 581. The van der Waals surface area contributed by atoms with E-state index in [9.17, 15) is 8.78 Å². The molecule has 0 fully saturated rings. The predicted octanol–water partition coefficient (Wildman–Crippen LogP) is 2.85. The maximum atomic E-state index is 13.3. The number of hydrogen-bond acceptors (Lipinski definition) is 2. The van der Waals surface area contributed by atoms with Gasteiger partial charge < -0.3 is 5.32 Å². The van der Waals surface area contributed by atoms with E-state index in [2.05, 4.69) is 26.3 Å². The molecular formula is C12H12BrF2N3. The van der Waals surface area contributed by atoms with Crippen LogP contribution in [0.4, 0.5) is 8.78 Å². The second-order valence-corrected chi connectivity index (χ2v) is 4.69. The van der Waals surface area contributed by atoms with Gasteiger partial charge in [0.2, 0.25) is 0 Å². The van der Waals surface area contributed by atoms with Gasteiger partial charge >= 0.3 is 0 Å². The molecule has 6 heteroatoms. The van der Waals surface area contributed by atoms with Gasteiger partial charge in [0.05, 0.1) is 15.9 Å². The van der Waals surface area contributed by atoms with E-state index in [-0.39, 0.29) is 0 Å². The fraction of sp³-hybridized carbons (Fsp3) is 0.250. The van der Waals surface area contributed by atoms with Gasteiger partial charge in [-0.25, -0.2) is 8.78 Å². The molecule has 0 aliphatic rings. The SMILES string of the molecule is CNCc1nn(C)c(-c2ccc(F)c(F)c2)c1Br. The van der Waals surface area contributed by atoms with Crippen LogP contribution in [0.1, 0.15) is 5.69 Å². The van der Waals surface area contributed by atoms with Gasteiger partial charge in [-0.1, -0.05) is 0 Å². The molecule has 0 aliphatic carbocycles. The van der Waals surface area contributed by atoms with Gasteiger partial charge in [-0.2, -0.15) is 5.10 Å². The minimum absolute atomic E-state index is 0.582. The number of halogens is 3. The van der Waals surface area contributed by atoms with Crippen LogP contribution in [0, 0.1) is 11.6 Å². The second kappa shape index (κ2) is 5.16. The molecule has 1 aromatic carbocycles. The van der Waals surface area contributed by atoms with Gasteiger partial charge in [-0.15, -0.1) is 0 Å². The zero-order valence-corrected chi connectivity index (χ0v) is 11.6. The van der Waals surface area contributed by atoms with Crippen LogP contribution in [0.2, 0.25) is 0 Å². The Kier molecular flexibility index (Phi) is 3.77. The quantitative estimate of drug-likeness (QED) is 0.944. The summed E-state index contributed by atoms with van der Waals surface area (Å²) in [4.78, 5) is 0. The summed E-state index contributed by atoms with van der Waals surface area (Å²) in [5.41, 5.74) is 2.12. The van der Waals surface area contributed by atoms with Gasteiger partial charge in [0.15, 0.2) is 11.6 Å². The van der Waals surface area contributed by atoms with E-state index >= 15 is 0 Å². The average Bonchev–Trinajstić information content (AvgIpc) is 2.59. The Morgan fingerprint density at radius 1 is 1.33 bits per heavy atom. The first-order valence-corrected chi connectivity index (χ1v) is 6.15. The first-order valence-electron chi connectivity index (χ1n) is 5.36. The van der Waals surface area contributed by atoms with E-state index in [1.54, 1.807) is 11.7 Å². The lowest BCUT2D eigenvalue weighted by atomic mass is 10.1. The molecule has 2 rings (SSSR count). The summed E-state index contributed by atoms with van der Waals surface area (Å²) < 4.78 is 28.6. The Hall–Kier alpha value is -1.27. The number of aromatic nitrogens is 2. The Morgan fingerprint density at radius 3 is 2.67 bits per heavy atom. The molecule has 1 heterocycles. The zero-order chi connectivity index (χ0) is 13.3. The van der Waals surface area contributed by atoms with Crippen LogP contribution in [0.15, 0.2) is 22.7 Å². The lowest BCUT2D eigenvalue weighted by Gasteiger charge is -2.03. The summed E-state index contributed by atoms with van der Waals surface area (Å²) >= 11 is 3.44. The minimum atomic E-state index is -0.865. The van der Waals surface area contributed by atoms with Crippen molar-refractivity contribution in [3.8, 4) is 11.3 Å². The topological polar surface area (TPSA) is 29.9 Å². The van der Waals surface area contributed by atoms with E-state index in [1.807, 2.05) is 7.05 Å². The number of hydrogen-bond donors (Lipinski definition) is 1. The van der Waals surface area contributed by atoms with Crippen molar-refractivity contribution in [2.75, 3.05) is 7.05 Å². The third-order valence-electron chi connectivity index (χ3n) is 2.59. The van der Waals surface area contributed by atoms with Gasteiger partial charge in [-0.05, 0) is 41.2 Å². The zero-order valence-electron chi connectivity index (χ0n) is 9.97. The lowest BCUT2D eigenvalue weighted by molar-refractivity contribution is 0.509. The molecule has 0 radical (unpaired) electrons. The second-order valence-electron chi connectivity index (χ2n) is 3.89. The lowest BCUT2D eigenvalue weighted by Crippen LogP contribution is -2.06. The minimum Gasteiger partial charge on any atom is -0.314 e. The number of rotatable bonds is 3. The standard InChI is InChI=1S/C12H12BrF2N3/c1-16-6-10-11(13)12(18(2)17-10)7-3-4-8(14)9(15)5-7/h3-5,16H,6H2,1-2H3. The van der Waals surface area contributed by atoms with E-state index in [1.165, 1.54) is 12.1 Å². The molecule has 0 atom stereocenters. The van der Waals surface area contributed by atoms with Crippen LogP contribution in [0.5, 0.6) is 0 Å². The molecule has 96 valence electrons. The fourth-order valence-electron chi connectivity index (χ4n) is 1.79. The normalized spacial score (nSPS) is 10.9. The Balaban J connectivity index is 2.53. The molecule has 0 amide bonds. The summed E-state index contributed by atoms with van der Waals surface area (Å²) in [6.07, 6.45) is 0. The number of nitrogens with zero attached hydrogens (tertiary/aromatic N) is 2. The average molecular weight is 316 g/mol. The van der Waals surface area contributed by atoms with Crippen molar-refractivity contribution in [3.05, 3.63) is 40.0 Å². The van der Waals surface area contributed by atoms with Crippen LogP contribution in [-0.2, 0) is 13.6 Å². The van der Waals surface area contributed by atoms with Gasteiger partial charge in [0, 0.05) is 19.2 Å². The molecule has 18 heavy (non-hydrogen) atoms. The molecule has 2 aromatic rings. The first kappa shape index (κ1) is 13.2. The molecule has 0 spiro atoms. The van der Waals surface area contributed by atoms with Crippen LogP contribution in [0.3, 0.4) is 0 Å². The van der Waals surface area contributed by atoms with Gasteiger partial charge in [-0.3, -0.25) is 4.68 Å². The summed E-state index contributed by atoms with van der Waals surface area (Å²) in [6.45, 7) is 0.595. The first-order chi connectivity index (χ1) is 8.54. The highest BCUT2D eigenvalue weighted by molar-refractivity contribution is 9.10. The molecule has 0 saturated carbocycles. The largest absolute Gasteiger partial charge is 0.314 e. The summed E-state index contributed by atoms with van der Waals surface area (Å²) in [6, 6.07) is 3.81. The fourth-order valence-corrected chi connectivity index (χ4v) is 2.50. The van der Waals surface area contributed by atoms with Crippen LogP contribution < -0.4 is 5.32 Å². The maximum Gasteiger partial charge on any atom is 0.159 e. The third-order valence-corrected chi connectivity index (χ3v) is 3.43. The summed E-state index contributed by atoms with van der Waals surface area (Å²) in [7, 11) is 3.58. The summed E-state index contributed by atoms with van der Waals surface area (Å²) in [5.74, 6) is -1.72. The van der Waals surface area contributed by atoms with Crippen molar-refractivity contribution >= 4 is 15.9 Å². The predicted molar refractivity (Wildman–Crippen MR) is 69.0 cm³/mol. The molecule has 1 N–H and O–H groups in total. The van der Waals surface area contributed by atoms with E-state index < -0.39 is 11.6 Å². The molecule has 0 saturated heterocycles. The van der Waals surface area contributed by atoms with Crippen molar-refractivity contribution in [1.29, 1.82) is 0 Å². The molecule has 3 nitrogen and oxygen atoms in total. The van der Waals surface area contributed by atoms with Crippen LogP contribution >= 0.6 is 15.9 Å². The number of aryl methyl sites for hydroxylation is 1. The number of nitrogens with one attached hydrogen (secondary N) is 1. The highest BCUT2D eigenvalue weighted by Gasteiger charge is 2.16. The maximum absolute atomic E-state index is 13.3. The van der Waals surface area contributed by atoms with Crippen molar-refractivity contribution in [2.24, 2.45) is 7.05 Å². The molecule has 0 aliphatic heterocycles. The molecule has 0 unspecified atom stereocenters. The van der Waals surface area contributed by atoms with E-state index in [0.717, 1.165) is 21.9 Å². The smallest absolute Gasteiger partial charge is 0.159 e. The van der Waals surface area contributed by atoms with E-state index in [0.29, 0.717) is 12.1 Å². The highest BCUT2D eigenvalue weighted by atomic mass is 79.9. The Labute approximate surface area is 112 Å². The van der Waals surface area contributed by atoms with Crippen molar-refractivity contribution in [2.45, 2.75) is 6.54 Å². The van der Waals surface area contributed by atoms with Gasteiger partial charge in [0.25, 0.3) is 0 Å². The molecular weight excluding hydrogens is 304 g/mol. The van der Waals surface area contributed by atoms with Crippen molar-refractivity contribution in [3.63, 3.8) is 0 Å². The van der Waals surface area contributed by atoms with Crippen LogP contribution in [0.25, 0.3) is 11.3 Å². The third kappa shape index (κ3) is 2.30. The molecule has 1 aromatic heterocycles. The van der Waals surface area contributed by atoms with Crippen molar-refractivity contribution in [1.82, 2.24) is 15.1 Å². The number of benzene rings is 1. The van der Waals surface area contributed by atoms with E-state index in [4.69, 9.17) is 0 Å². The van der Waals surface area contributed by atoms with Gasteiger partial charge in [0.1, 0.15) is 0 Å². The molecule has 0 bridgehead atoms. The summed E-state index contributed by atoms with van der Waals surface area (Å²) in [5, 5.41) is 7.32. The van der Waals surface area contributed by atoms with Crippen LogP contribution in [-0.4, -0.2) is 16.8 Å². The monoisotopic (exact) mass is 315 g/mol. The highest BCUT2D eigenvalue weighted by Crippen LogP contribution is 2.31. The Morgan fingerprint density at radius 2 is 2.06 bits per heavy atom.